The molecule has 0 amide bonds. The Morgan fingerprint density at radius 1 is 1.12 bits per heavy atom. The van der Waals surface area contributed by atoms with Gasteiger partial charge in [-0.05, 0) is 13.0 Å². The Labute approximate surface area is 96.5 Å². The molecule has 0 saturated heterocycles. The Bertz CT molecular complexity index is 384. The average molecular weight is 250 g/mol. The summed E-state index contributed by atoms with van der Waals surface area (Å²) in [7, 11) is 0. The van der Waals surface area contributed by atoms with Crippen molar-refractivity contribution in [3.63, 3.8) is 0 Å². The highest BCUT2D eigenvalue weighted by molar-refractivity contribution is 5.22. The number of hydrogen-bond acceptors (Lipinski definition) is 3. The van der Waals surface area contributed by atoms with Crippen LogP contribution < -0.4 is 0 Å². The molecule has 0 saturated carbocycles. The van der Waals surface area contributed by atoms with Crippen molar-refractivity contribution in [1.82, 2.24) is 0 Å². The summed E-state index contributed by atoms with van der Waals surface area (Å²) in [5.74, 6) is -3.66. The van der Waals surface area contributed by atoms with E-state index in [9.17, 15) is 23.4 Å². The highest BCUT2D eigenvalue weighted by atomic mass is 19.2. The molecule has 2 N–H and O–H groups in total. The van der Waals surface area contributed by atoms with Crippen LogP contribution in [0.1, 0.15) is 25.0 Å². The lowest BCUT2D eigenvalue weighted by molar-refractivity contribution is -0.116. The fourth-order valence-corrected chi connectivity index (χ4v) is 1.37. The van der Waals surface area contributed by atoms with Crippen LogP contribution in [0.3, 0.4) is 0 Å². The molecule has 0 fully saturated rings. The summed E-state index contributed by atoms with van der Waals surface area (Å²) < 4.78 is 43.5. The molecular weight excluding hydrogens is 237 g/mol. The van der Waals surface area contributed by atoms with Crippen LogP contribution in [0.25, 0.3) is 0 Å². The number of halogens is 3. The second kappa shape index (κ2) is 6.00. The Morgan fingerprint density at radius 2 is 1.71 bits per heavy atom. The van der Waals surface area contributed by atoms with Gasteiger partial charge in [-0.2, -0.15) is 0 Å². The predicted octanol–water partition coefficient (Wildman–Crippen LogP) is 1.88. The smallest absolute Gasteiger partial charge is 0.161 e. The molecule has 0 bridgehead atoms. The van der Waals surface area contributed by atoms with Gasteiger partial charge in [0.1, 0.15) is 5.82 Å². The quantitative estimate of drug-likeness (QED) is 0.619. The molecule has 0 radical (unpaired) electrons. The highest BCUT2D eigenvalue weighted by Gasteiger charge is 2.19. The van der Waals surface area contributed by atoms with Crippen molar-refractivity contribution in [3.05, 3.63) is 35.1 Å². The van der Waals surface area contributed by atoms with E-state index in [-0.39, 0.29) is 13.0 Å². The predicted molar refractivity (Wildman–Crippen MR) is 53.5 cm³/mol. The van der Waals surface area contributed by atoms with Gasteiger partial charge in [-0.3, -0.25) is 0 Å². The van der Waals surface area contributed by atoms with Crippen molar-refractivity contribution in [1.29, 1.82) is 0 Å². The summed E-state index contributed by atoms with van der Waals surface area (Å²) >= 11 is 0. The fraction of sp³-hybridized carbons (Fsp3) is 0.455. The summed E-state index contributed by atoms with van der Waals surface area (Å²) in [4.78, 5) is 0. The van der Waals surface area contributed by atoms with E-state index in [4.69, 9.17) is 4.74 Å². The lowest BCUT2D eigenvalue weighted by Crippen LogP contribution is -2.17. The molecule has 6 heteroatoms. The zero-order valence-corrected chi connectivity index (χ0v) is 9.16. The number of aliphatic hydroxyl groups excluding tert-OH is 2. The number of rotatable bonds is 5. The molecule has 1 rings (SSSR count). The molecule has 0 aliphatic rings. The molecule has 2 unspecified atom stereocenters. The largest absolute Gasteiger partial charge is 0.388 e. The summed E-state index contributed by atoms with van der Waals surface area (Å²) in [6, 6.07) is 0.912. The number of ether oxygens (including phenoxy) is 1. The van der Waals surface area contributed by atoms with Gasteiger partial charge in [0.25, 0.3) is 0 Å². The molecular formula is C11H13F3O3. The van der Waals surface area contributed by atoms with E-state index in [0.717, 1.165) is 0 Å². The SMILES string of the molecule is CCOC(O)CC(O)c1cc(F)c(F)cc1F. The van der Waals surface area contributed by atoms with Crippen LogP contribution in [-0.4, -0.2) is 23.1 Å². The summed E-state index contributed by atoms with van der Waals surface area (Å²) in [5.41, 5.74) is -0.414. The van der Waals surface area contributed by atoms with Gasteiger partial charge in [-0.1, -0.05) is 0 Å². The first-order valence-electron chi connectivity index (χ1n) is 5.07. The number of benzene rings is 1. The Hall–Kier alpha value is -1.11. The highest BCUT2D eigenvalue weighted by Crippen LogP contribution is 2.24. The molecule has 96 valence electrons. The van der Waals surface area contributed by atoms with E-state index in [1.165, 1.54) is 0 Å². The maximum absolute atomic E-state index is 13.2. The van der Waals surface area contributed by atoms with E-state index < -0.39 is 35.4 Å². The zero-order valence-electron chi connectivity index (χ0n) is 9.16. The molecule has 1 aromatic rings. The van der Waals surface area contributed by atoms with E-state index in [2.05, 4.69) is 0 Å². The minimum absolute atomic E-state index is 0.216. The maximum atomic E-state index is 13.2. The van der Waals surface area contributed by atoms with Crippen LogP contribution in [0, 0.1) is 17.5 Å². The normalized spacial score (nSPS) is 14.7. The van der Waals surface area contributed by atoms with Crippen LogP contribution in [0.5, 0.6) is 0 Å². The van der Waals surface area contributed by atoms with Gasteiger partial charge in [0.15, 0.2) is 17.9 Å². The maximum Gasteiger partial charge on any atom is 0.161 e. The molecule has 2 atom stereocenters. The first-order valence-corrected chi connectivity index (χ1v) is 5.07. The lowest BCUT2D eigenvalue weighted by Gasteiger charge is -2.16. The van der Waals surface area contributed by atoms with E-state index in [1.807, 2.05) is 0 Å². The molecule has 3 nitrogen and oxygen atoms in total. The van der Waals surface area contributed by atoms with Crippen LogP contribution in [0.2, 0.25) is 0 Å². The second-order valence-electron chi connectivity index (χ2n) is 3.45. The van der Waals surface area contributed by atoms with Crippen LogP contribution in [0.4, 0.5) is 13.2 Å². The minimum atomic E-state index is -1.47. The second-order valence-corrected chi connectivity index (χ2v) is 3.45. The lowest BCUT2D eigenvalue weighted by atomic mass is 10.1. The van der Waals surface area contributed by atoms with E-state index in [0.29, 0.717) is 12.1 Å². The Balaban J connectivity index is 2.81. The van der Waals surface area contributed by atoms with Crippen molar-refractivity contribution in [2.75, 3.05) is 6.61 Å². The van der Waals surface area contributed by atoms with E-state index >= 15 is 0 Å². The molecule has 17 heavy (non-hydrogen) atoms. The molecule has 0 heterocycles. The van der Waals surface area contributed by atoms with Crippen LogP contribution in [0.15, 0.2) is 12.1 Å². The number of hydrogen-bond donors (Lipinski definition) is 2. The fourth-order valence-electron chi connectivity index (χ4n) is 1.37. The summed E-state index contributed by atoms with van der Waals surface area (Å²) in [5, 5.41) is 18.8. The van der Waals surface area contributed by atoms with Gasteiger partial charge in [-0.15, -0.1) is 0 Å². The third-order valence-electron chi connectivity index (χ3n) is 2.18. The van der Waals surface area contributed by atoms with E-state index in [1.54, 1.807) is 6.92 Å². The average Bonchev–Trinajstić information content (AvgIpc) is 2.23. The van der Waals surface area contributed by atoms with Crippen molar-refractivity contribution in [2.45, 2.75) is 25.7 Å². The van der Waals surface area contributed by atoms with Gasteiger partial charge < -0.3 is 14.9 Å². The van der Waals surface area contributed by atoms with Crippen molar-refractivity contribution in [3.8, 4) is 0 Å². The summed E-state index contributed by atoms with van der Waals surface area (Å²) in [6.45, 7) is 1.85. The third kappa shape index (κ3) is 3.69. The monoisotopic (exact) mass is 250 g/mol. The molecule has 0 aromatic heterocycles. The Kier molecular flexibility index (Phi) is 4.92. The zero-order chi connectivity index (χ0) is 13.0. The van der Waals surface area contributed by atoms with Gasteiger partial charge in [0.2, 0.25) is 0 Å². The minimum Gasteiger partial charge on any atom is -0.388 e. The van der Waals surface area contributed by atoms with Crippen molar-refractivity contribution in [2.24, 2.45) is 0 Å². The first kappa shape index (κ1) is 14.0. The number of aliphatic hydroxyl groups is 2. The summed E-state index contributed by atoms with van der Waals surface area (Å²) in [6.07, 6.45) is -3.08. The van der Waals surface area contributed by atoms with Gasteiger partial charge in [0.05, 0.1) is 6.10 Å². The molecule has 1 aromatic carbocycles. The van der Waals surface area contributed by atoms with Gasteiger partial charge in [0, 0.05) is 24.7 Å². The van der Waals surface area contributed by atoms with Crippen molar-refractivity contribution >= 4 is 0 Å². The van der Waals surface area contributed by atoms with Crippen LogP contribution in [-0.2, 0) is 4.74 Å². The van der Waals surface area contributed by atoms with Crippen LogP contribution >= 0.6 is 0 Å². The first-order chi connectivity index (χ1) is 7.95. The Morgan fingerprint density at radius 3 is 2.29 bits per heavy atom. The third-order valence-corrected chi connectivity index (χ3v) is 2.18. The molecule has 0 spiro atoms. The molecule has 0 aliphatic carbocycles. The standard InChI is InChI=1S/C11H13F3O3/c1-2-17-11(16)5-10(15)6-3-8(13)9(14)4-7(6)12/h3-4,10-11,15-16H,2,5H2,1H3. The topological polar surface area (TPSA) is 49.7 Å². The van der Waals surface area contributed by atoms with Gasteiger partial charge in [-0.25, -0.2) is 13.2 Å². The van der Waals surface area contributed by atoms with Gasteiger partial charge >= 0.3 is 0 Å². The van der Waals surface area contributed by atoms with Crippen molar-refractivity contribution < 1.29 is 28.1 Å². The molecule has 0 aliphatic heterocycles.